The van der Waals surface area contributed by atoms with E-state index in [1.54, 1.807) is 0 Å². The SMILES string of the molecule is C/C(CNC(C)(C)C=O)=c1\[nH]c(=O)/c(=C/c2ccc3c(c2)C(C)(C)CO3)s1. The van der Waals surface area contributed by atoms with Crippen molar-refractivity contribution in [1.29, 1.82) is 0 Å². The number of ether oxygens (including phenoxy) is 1. The zero-order chi connectivity index (χ0) is 19.8. The van der Waals surface area contributed by atoms with Gasteiger partial charge in [0.2, 0.25) is 0 Å². The average Bonchev–Trinajstić information content (AvgIpc) is 3.13. The maximum absolute atomic E-state index is 12.4. The predicted octanol–water partition coefficient (Wildman–Crippen LogP) is 1.67. The van der Waals surface area contributed by atoms with Gasteiger partial charge in [-0.15, -0.1) is 11.3 Å². The highest BCUT2D eigenvalue weighted by molar-refractivity contribution is 7.07. The summed E-state index contributed by atoms with van der Waals surface area (Å²) in [4.78, 5) is 26.3. The Kier molecular flexibility index (Phi) is 5.14. The fourth-order valence-electron chi connectivity index (χ4n) is 2.90. The molecule has 0 aliphatic carbocycles. The minimum absolute atomic E-state index is 0.0202. The van der Waals surface area contributed by atoms with Crippen LogP contribution in [0.5, 0.6) is 5.75 Å². The van der Waals surface area contributed by atoms with Crippen molar-refractivity contribution < 1.29 is 9.53 Å². The van der Waals surface area contributed by atoms with Crippen molar-refractivity contribution in [1.82, 2.24) is 10.3 Å². The summed E-state index contributed by atoms with van der Waals surface area (Å²) < 4.78 is 7.21. The highest BCUT2D eigenvalue weighted by atomic mass is 32.1. The first-order chi connectivity index (χ1) is 12.6. The average molecular weight is 387 g/mol. The number of thiazole rings is 1. The van der Waals surface area contributed by atoms with Crippen LogP contribution in [0.1, 0.15) is 45.7 Å². The fourth-order valence-corrected chi connectivity index (χ4v) is 3.85. The van der Waals surface area contributed by atoms with Crippen molar-refractivity contribution >= 4 is 29.3 Å². The molecule has 0 amide bonds. The van der Waals surface area contributed by atoms with Gasteiger partial charge in [-0.05, 0) is 50.1 Å². The molecule has 2 aromatic rings. The molecule has 2 N–H and O–H groups in total. The van der Waals surface area contributed by atoms with E-state index in [9.17, 15) is 9.59 Å². The summed E-state index contributed by atoms with van der Waals surface area (Å²) in [5, 5.41) is 3.18. The molecule has 0 unspecified atom stereocenters. The number of nitrogens with one attached hydrogen (secondary N) is 2. The van der Waals surface area contributed by atoms with Crippen molar-refractivity contribution in [2.24, 2.45) is 0 Å². The summed E-state index contributed by atoms with van der Waals surface area (Å²) >= 11 is 1.43. The van der Waals surface area contributed by atoms with E-state index in [0.717, 1.165) is 27.8 Å². The Labute approximate surface area is 162 Å². The Morgan fingerprint density at radius 3 is 2.85 bits per heavy atom. The number of benzene rings is 1. The normalized spacial score (nSPS) is 17.4. The van der Waals surface area contributed by atoms with Crippen LogP contribution in [0.4, 0.5) is 0 Å². The van der Waals surface area contributed by atoms with Crippen molar-refractivity contribution in [3.63, 3.8) is 0 Å². The van der Waals surface area contributed by atoms with Crippen LogP contribution in [-0.4, -0.2) is 30.0 Å². The maximum atomic E-state index is 12.4. The summed E-state index contributed by atoms with van der Waals surface area (Å²) in [6.45, 7) is 11.1. The van der Waals surface area contributed by atoms with Crippen LogP contribution in [0.15, 0.2) is 23.0 Å². The predicted molar refractivity (Wildman–Crippen MR) is 110 cm³/mol. The van der Waals surface area contributed by atoms with Crippen LogP contribution in [0, 0.1) is 0 Å². The minimum atomic E-state index is -0.590. The highest BCUT2D eigenvalue weighted by Crippen LogP contribution is 2.38. The van der Waals surface area contributed by atoms with Crippen LogP contribution in [0.25, 0.3) is 11.6 Å². The van der Waals surface area contributed by atoms with Gasteiger partial charge in [-0.3, -0.25) is 4.79 Å². The van der Waals surface area contributed by atoms with Gasteiger partial charge >= 0.3 is 0 Å². The first-order valence-corrected chi connectivity index (χ1v) is 9.82. The molecule has 0 saturated heterocycles. The monoisotopic (exact) mass is 386 g/mol. The van der Waals surface area contributed by atoms with Crippen molar-refractivity contribution in [2.75, 3.05) is 13.2 Å². The van der Waals surface area contributed by atoms with Gasteiger partial charge in [0.25, 0.3) is 5.56 Å². The molecule has 0 saturated carbocycles. The molecule has 2 heterocycles. The van der Waals surface area contributed by atoms with Crippen LogP contribution in [0.3, 0.4) is 0 Å². The quantitative estimate of drug-likeness (QED) is 0.767. The van der Waals surface area contributed by atoms with Gasteiger partial charge in [0.15, 0.2) is 0 Å². The van der Waals surface area contributed by atoms with Gasteiger partial charge in [-0.25, -0.2) is 0 Å². The molecule has 27 heavy (non-hydrogen) atoms. The number of fused-ring (bicyclic) bond motifs is 1. The number of H-pyrrole nitrogens is 1. The number of rotatable bonds is 5. The molecule has 1 aliphatic rings. The summed E-state index contributed by atoms with van der Waals surface area (Å²) in [5.41, 5.74) is 2.45. The molecule has 1 aliphatic heterocycles. The van der Waals surface area contributed by atoms with E-state index in [0.29, 0.717) is 17.7 Å². The largest absolute Gasteiger partial charge is 0.492 e. The third kappa shape index (κ3) is 4.22. The number of aldehydes is 1. The Bertz CT molecular complexity index is 1040. The molecule has 144 valence electrons. The molecular weight excluding hydrogens is 360 g/mol. The Hall–Kier alpha value is -2.18. The molecule has 3 rings (SSSR count). The summed E-state index contributed by atoms with van der Waals surface area (Å²) in [6, 6.07) is 6.05. The molecule has 0 bridgehead atoms. The topological polar surface area (TPSA) is 71.2 Å². The van der Waals surface area contributed by atoms with E-state index >= 15 is 0 Å². The van der Waals surface area contributed by atoms with Gasteiger partial charge in [-0.1, -0.05) is 19.9 Å². The van der Waals surface area contributed by atoms with Crippen LogP contribution in [-0.2, 0) is 10.2 Å². The Morgan fingerprint density at radius 1 is 1.41 bits per heavy atom. The second-order valence-electron chi connectivity index (χ2n) is 8.30. The molecule has 0 radical (unpaired) electrons. The van der Waals surface area contributed by atoms with Gasteiger partial charge < -0.3 is 19.8 Å². The third-order valence-electron chi connectivity index (χ3n) is 4.77. The number of hydrogen-bond donors (Lipinski definition) is 2. The second-order valence-corrected chi connectivity index (χ2v) is 9.35. The van der Waals surface area contributed by atoms with Gasteiger partial charge in [-0.2, -0.15) is 0 Å². The van der Waals surface area contributed by atoms with E-state index in [1.807, 2.05) is 39.0 Å². The van der Waals surface area contributed by atoms with E-state index in [2.05, 4.69) is 30.2 Å². The minimum Gasteiger partial charge on any atom is -0.492 e. The van der Waals surface area contributed by atoms with Gasteiger partial charge in [0.1, 0.15) is 12.0 Å². The molecular formula is C21H26N2O3S. The summed E-state index contributed by atoms with van der Waals surface area (Å²) in [7, 11) is 0. The lowest BCUT2D eigenvalue weighted by Crippen LogP contribution is -2.42. The number of aromatic amines is 1. The van der Waals surface area contributed by atoms with Gasteiger partial charge in [0.05, 0.1) is 21.3 Å². The molecule has 5 nitrogen and oxygen atoms in total. The molecule has 0 fully saturated rings. The summed E-state index contributed by atoms with van der Waals surface area (Å²) in [6.07, 6.45) is 2.80. The highest BCUT2D eigenvalue weighted by Gasteiger charge is 2.31. The van der Waals surface area contributed by atoms with Crippen molar-refractivity contribution in [2.45, 2.75) is 45.6 Å². The second kappa shape index (κ2) is 7.09. The standard InChI is InChI=1S/C21H26N2O3S/c1-13(10-22-21(4,5)11-24)19-23-18(25)17(27-19)9-14-6-7-16-15(8-14)20(2,3)12-26-16/h6-9,11,22H,10,12H2,1-5H3,(H,23,25)/b17-9-,19-13-. The maximum Gasteiger partial charge on any atom is 0.266 e. The summed E-state index contributed by atoms with van der Waals surface area (Å²) in [5.74, 6) is 0.922. The lowest BCUT2D eigenvalue weighted by molar-refractivity contribution is -0.112. The van der Waals surface area contributed by atoms with Crippen molar-refractivity contribution in [3.05, 3.63) is 48.9 Å². The van der Waals surface area contributed by atoms with E-state index < -0.39 is 5.54 Å². The fraction of sp³-hybridized carbons (Fsp3) is 0.429. The molecule has 6 heteroatoms. The van der Waals surface area contributed by atoms with E-state index in [-0.39, 0.29) is 11.0 Å². The van der Waals surface area contributed by atoms with E-state index in [4.69, 9.17) is 4.74 Å². The smallest absolute Gasteiger partial charge is 0.266 e. The lowest BCUT2D eigenvalue weighted by atomic mass is 9.86. The number of carbonyl (C=O) groups is 1. The number of carbonyl (C=O) groups excluding carboxylic acids is 1. The number of hydrogen-bond acceptors (Lipinski definition) is 5. The zero-order valence-corrected chi connectivity index (χ0v) is 17.3. The molecule has 1 aromatic carbocycles. The lowest BCUT2D eigenvalue weighted by Gasteiger charge is -2.18. The Balaban J connectivity index is 1.94. The molecule has 0 atom stereocenters. The van der Waals surface area contributed by atoms with Crippen LogP contribution in [0.2, 0.25) is 0 Å². The zero-order valence-electron chi connectivity index (χ0n) is 16.4. The van der Waals surface area contributed by atoms with Gasteiger partial charge in [0, 0.05) is 17.5 Å². The van der Waals surface area contributed by atoms with Crippen LogP contribution < -0.4 is 24.8 Å². The number of aromatic nitrogens is 1. The van der Waals surface area contributed by atoms with Crippen molar-refractivity contribution in [3.8, 4) is 5.75 Å². The first kappa shape index (κ1) is 19.6. The first-order valence-electron chi connectivity index (χ1n) is 9.01. The Morgan fingerprint density at radius 2 is 2.15 bits per heavy atom. The van der Waals surface area contributed by atoms with E-state index in [1.165, 1.54) is 16.9 Å². The molecule has 0 spiro atoms. The third-order valence-corrected chi connectivity index (χ3v) is 5.95. The van der Waals surface area contributed by atoms with Crippen LogP contribution >= 0.6 is 11.3 Å². The molecule has 1 aromatic heterocycles.